The van der Waals surface area contributed by atoms with Gasteiger partial charge in [0.05, 0.1) is 6.61 Å². The van der Waals surface area contributed by atoms with Gasteiger partial charge >= 0.3 is 0 Å². The number of unbranched alkanes of at least 4 members (excludes halogenated alkanes) is 2. The van der Waals surface area contributed by atoms with Gasteiger partial charge in [0.15, 0.2) is 0 Å². The van der Waals surface area contributed by atoms with Crippen molar-refractivity contribution in [2.24, 2.45) is 0 Å². The maximum Gasteiger partial charge on any atom is 0.119 e. The van der Waals surface area contributed by atoms with E-state index in [0.29, 0.717) is 0 Å². The summed E-state index contributed by atoms with van der Waals surface area (Å²) in [5, 5.41) is 0. The molecule has 2 rings (SSSR count). The zero-order valence-electron chi connectivity index (χ0n) is 19.8. The molecule has 0 heterocycles. The van der Waals surface area contributed by atoms with E-state index in [2.05, 4.69) is 31.2 Å². The summed E-state index contributed by atoms with van der Waals surface area (Å²) in [5.74, 6) is 0.966. The van der Waals surface area contributed by atoms with Crippen LogP contribution in [-0.2, 0) is 0 Å². The van der Waals surface area contributed by atoms with Gasteiger partial charge in [0.1, 0.15) is 5.75 Å². The molecular weight excluding hydrogens is 340 g/mol. The maximum atomic E-state index is 5.77. The summed E-state index contributed by atoms with van der Waals surface area (Å²) < 4.78 is 5.77. The average molecular weight is 387 g/mol. The maximum absolute atomic E-state index is 5.77. The van der Waals surface area contributed by atoms with E-state index in [1.54, 1.807) is 0 Å². The molecule has 0 fully saturated rings. The van der Waals surface area contributed by atoms with Crippen molar-refractivity contribution >= 4 is 0 Å². The third kappa shape index (κ3) is 15.3. The second-order valence-corrected chi connectivity index (χ2v) is 5.86. The molecule has 1 aliphatic rings. The Bertz CT molecular complexity index is 508. The average Bonchev–Trinajstić information content (AvgIpc) is 3.02. The summed E-state index contributed by atoms with van der Waals surface area (Å²) in [5.41, 5.74) is 2.95. The van der Waals surface area contributed by atoms with Crippen LogP contribution in [0.5, 0.6) is 5.75 Å². The molecule has 1 aromatic carbocycles. The first-order chi connectivity index (χ1) is 13.9. The molecule has 0 aromatic heterocycles. The van der Waals surface area contributed by atoms with Crippen LogP contribution < -0.4 is 4.74 Å². The normalized spacial score (nSPS) is 11.8. The van der Waals surface area contributed by atoms with Crippen molar-refractivity contribution < 1.29 is 4.74 Å². The van der Waals surface area contributed by atoms with Gasteiger partial charge in [0, 0.05) is 0 Å². The number of hydrogen-bond acceptors (Lipinski definition) is 1. The predicted octanol–water partition coefficient (Wildman–Crippen LogP) is 9.32. The minimum atomic E-state index is 0.782. The van der Waals surface area contributed by atoms with Crippen LogP contribution in [0.15, 0.2) is 65.8 Å². The first-order valence-corrected chi connectivity index (χ1v) is 11.6. The molecule has 0 unspecified atom stereocenters. The monoisotopic (exact) mass is 386 g/mol. The topological polar surface area (TPSA) is 9.23 Å². The fraction of sp³-hybridized carbons (Fsp3) is 0.556. The van der Waals surface area contributed by atoms with Gasteiger partial charge < -0.3 is 4.74 Å². The van der Waals surface area contributed by atoms with Gasteiger partial charge in [-0.2, -0.15) is 0 Å². The van der Waals surface area contributed by atoms with Crippen molar-refractivity contribution in [2.75, 3.05) is 6.61 Å². The fourth-order valence-corrected chi connectivity index (χ4v) is 2.68. The van der Waals surface area contributed by atoms with Gasteiger partial charge in [-0.05, 0) is 49.8 Å². The molecule has 28 heavy (non-hydrogen) atoms. The summed E-state index contributed by atoms with van der Waals surface area (Å²) in [7, 11) is 0. The van der Waals surface area contributed by atoms with E-state index in [4.69, 9.17) is 4.74 Å². The summed E-state index contributed by atoms with van der Waals surface area (Å²) in [6, 6.07) is 10.1. The SMILES string of the molecule is CC.CC.CC.CCCCCC1=CCC=CC(CCCOc2ccccc2)=C1. The summed E-state index contributed by atoms with van der Waals surface area (Å²) in [6.07, 6.45) is 17.7. The number of para-hydroxylation sites is 1. The quantitative estimate of drug-likeness (QED) is 0.384. The highest BCUT2D eigenvalue weighted by molar-refractivity contribution is 5.33. The molecule has 1 heteroatoms. The Morgan fingerprint density at radius 2 is 1.43 bits per heavy atom. The summed E-state index contributed by atoms with van der Waals surface area (Å²) >= 11 is 0. The number of hydrogen-bond donors (Lipinski definition) is 0. The number of ether oxygens (including phenoxy) is 1. The van der Waals surface area contributed by atoms with E-state index >= 15 is 0 Å². The predicted molar refractivity (Wildman–Crippen MR) is 129 cm³/mol. The standard InChI is InChI=1S/C21H28O.3C2H6/c1-2-3-5-11-19-12-8-9-13-20(18-19)14-10-17-22-21-15-6-4-7-16-21;3*1-2/h4,6-7,9,12-13,15-16,18H,2-3,5,8,10-11,14,17H2,1H3;3*1-2H3. The second-order valence-electron chi connectivity index (χ2n) is 5.86. The molecule has 0 spiro atoms. The zero-order valence-corrected chi connectivity index (χ0v) is 19.8. The van der Waals surface area contributed by atoms with Crippen molar-refractivity contribution in [3.8, 4) is 5.75 Å². The van der Waals surface area contributed by atoms with Crippen molar-refractivity contribution in [3.63, 3.8) is 0 Å². The van der Waals surface area contributed by atoms with Gasteiger partial charge in [-0.15, -0.1) is 0 Å². The zero-order chi connectivity index (χ0) is 21.5. The smallest absolute Gasteiger partial charge is 0.119 e. The highest BCUT2D eigenvalue weighted by Crippen LogP contribution is 2.20. The molecule has 0 saturated carbocycles. The van der Waals surface area contributed by atoms with Gasteiger partial charge in [-0.1, -0.05) is 109 Å². The number of allylic oxidation sites excluding steroid dienone is 6. The van der Waals surface area contributed by atoms with Crippen LogP contribution in [0.1, 0.15) is 93.4 Å². The molecule has 1 aliphatic carbocycles. The minimum Gasteiger partial charge on any atom is -0.494 e. The Labute approximate surface area is 176 Å². The molecule has 160 valence electrons. The van der Waals surface area contributed by atoms with Crippen LogP contribution >= 0.6 is 0 Å². The minimum absolute atomic E-state index is 0.782. The van der Waals surface area contributed by atoms with Crippen LogP contribution in [0.3, 0.4) is 0 Å². The molecule has 0 bridgehead atoms. The fourth-order valence-electron chi connectivity index (χ4n) is 2.68. The summed E-state index contributed by atoms with van der Waals surface area (Å²) in [4.78, 5) is 0. The number of rotatable bonds is 9. The van der Waals surface area contributed by atoms with Crippen LogP contribution in [0, 0.1) is 0 Å². The molecule has 0 radical (unpaired) electrons. The molecule has 0 N–H and O–H groups in total. The lowest BCUT2D eigenvalue weighted by atomic mass is 10.0. The van der Waals surface area contributed by atoms with Crippen molar-refractivity contribution in [1.29, 1.82) is 0 Å². The molecular formula is C27H46O. The Hall–Kier alpha value is -1.76. The Morgan fingerprint density at radius 3 is 2.07 bits per heavy atom. The van der Waals surface area contributed by atoms with Gasteiger partial charge in [0.2, 0.25) is 0 Å². The molecule has 1 aromatic rings. The summed E-state index contributed by atoms with van der Waals surface area (Å²) in [6.45, 7) is 15.0. The third-order valence-corrected chi connectivity index (χ3v) is 3.91. The largest absolute Gasteiger partial charge is 0.494 e. The Kier molecular flexibility index (Phi) is 23.7. The van der Waals surface area contributed by atoms with Crippen LogP contribution in [0.2, 0.25) is 0 Å². The van der Waals surface area contributed by atoms with Gasteiger partial charge in [0.25, 0.3) is 0 Å². The van der Waals surface area contributed by atoms with Crippen LogP contribution in [0.4, 0.5) is 0 Å². The molecule has 1 nitrogen and oxygen atoms in total. The van der Waals surface area contributed by atoms with E-state index in [1.807, 2.05) is 71.9 Å². The van der Waals surface area contributed by atoms with E-state index < -0.39 is 0 Å². The second kappa shape index (κ2) is 23.3. The van der Waals surface area contributed by atoms with Crippen molar-refractivity contribution in [2.45, 2.75) is 93.4 Å². The lowest BCUT2D eigenvalue weighted by Crippen LogP contribution is -1.97. The molecule has 0 aliphatic heterocycles. The Morgan fingerprint density at radius 1 is 0.786 bits per heavy atom. The van der Waals surface area contributed by atoms with Crippen molar-refractivity contribution in [3.05, 3.63) is 65.8 Å². The molecule has 0 atom stereocenters. The Balaban J connectivity index is 0. The van der Waals surface area contributed by atoms with Gasteiger partial charge in [-0.25, -0.2) is 0 Å². The molecule has 0 amide bonds. The van der Waals surface area contributed by atoms with E-state index in [1.165, 1.54) is 36.8 Å². The third-order valence-electron chi connectivity index (χ3n) is 3.91. The van der Waals surface area contributed by atoms with Crippen molar-refractivity contribution in [1.82, 2.24) is 0 Å². The van der Waals surface area contributed by atoms with Gasteiger partial charge in [-0.3, -0.25) is 0 Å². The molecule has 0 saturated heterocycles. The first-order valence-electron chi connectivity index (χ1n) is 11.6. The lowest BCUT2D eigenvalue weighted by Gasteiger charge is -2.07. The van der Waals surface area contributed by atoms with Crippen LogP contribution in [-0.4, -0.2) is 6.61 Å². The van der Waals surface area contributed by atoms with Crippen LogP contribution in [0.25, 0.3) is 0 Å². The highest BCUT2D eigenvalue weighted by atomic mass is 16.5. The van der Waals surface area contributed by atoms with E-state index in [-0.39, 0.29) is 0 Å². The van der Waals surface area contributed by atoms with E-state index in [0.717, 1.165) is 31.6 Å². The van der Waals surface area contributed by atoms with E-state index in [9.17, 15) is 0 Å². The highest BCUT2D eigenvalue weighted by Gasteiger charge is 2.01. The number of benzene rings is 1. The first kappa shape index (κ1) is 28.4. The lowest BCUT2D eigenvalue weighted by molar-refractivity contribution is 0.311.